The second kappa shape index (κ2) is 3.85. The molecule has 0 saturated carbocycles. The molecule has 1 fully saturated rings. The minimum atomic E-state index is -1.35. The van der Waals surface area contributed by atoms with Gasteiger partial charge in [-0.15, -0.1) is 11.8 Å². The summed E-state index contributed by atoms with van der Waals surface area (Å²) in [6.45, 7) is 2.04. The maximum Gasteiger partial charge on any atom is 0.341 e. The van der Waals surface area contributed by atoms with Crippen LogP contribution in [-0.2, 0) is 14.3 Å². The Hall–Kier alpha value is 0.360. The summed E-state index contributed by atoms with van der Waals surface area (Å²) in [4.78, 5) is 11.4. The molecule has 0 aliphatic carbocycles. The number of esters is 1. The Labute approximate surface area is 91.0 Å². The first-order chi connectivity index (χ1) is 5.94. The van der Waals surface area contributed by atoms with E-state index in [1.165, 1.54) is 18.9 Å². The van der Waals surface area contributed by atoms with Gasteiger partial charge >= 0.3 is 5.97 Å². The summed E-state index contributed by atoms with van der Waals surface area (Å²) in [6.07, 6.45) is 0. The Kier molecular flexibility index (Phi) is 3.38. The highest BCUT2D eigenvalue weighted by molar-refractivity contribution is 8.02. The highest BCUT2D eigenvalue weighted by Gasteiger charge is 2.56. The third-order valence-electron chi connectivity index (χ3n) is 1.78. The lowest BCUT2D eigenvalue weighted by Crippen LogP contribution is -2.53. The molecule has 1 heterocycles. The zero-order chi connectivity index (χ0) is 10.1. The molecule has 0 bridgehead atoms. The van der Waals surface area contributed by atoms with Crippen molar-refractivity contribution < 1.29 is 14.3 Å². The molecule has 2 atom stereocenters. The van der Waals surface area contributed by atoms with E-state index in [1.807, 2.05) is 0 Å². The molecule has 1 rings (SSSR count). The molecular weight excluding hydrogens is 235 g/mol. The summed E-state index contributed by atoms with van der Waals surface area (Å²) in [5.41, 5.74) is 0. The number of alkyl halides is 2. The molecule has 76 valence electrons. The summed E-state index contributed by atoms with van der Waals surface area (Å²) in [6, 6.07) is 0. The van der Waals surface area contributed by atoms with Crippen LogP contribution in [0.5, 0.6) is 0 Å². The van der Waals surface area contributed by atoms with Crippen molar-refractivity contribution in [2.45, 2.75) is 16.2 Å². The maximum atomic E-state index is 11.4. The van der Waals surface area contributed by atoms with Crippen molar-refractivity contribution in [2.75, 3.05) is 19.5 Å². The lowest BCUT2D eigenvalue weighted by Gasteiger charge is -2.40. The fraction of sp³-hybridized carbons (Fsp3) is 0.857. The molecule has 0 N–H and O–H groups in total. The predicted molar refractivity (Wildman–Crippen MR) is 53.3 cm³/mol. The van der Waals surface area contributed by atoms with Gasteiger partial charge < -0.3 is 9.47 Å². The Morgan fingerprint density at radius 3 is 2.69 bits per heavy atom. The van der Waals surface area contributed by atoms with Crippen LogP contribution in [0.4, 0.5) is 0 Å². The van der Waals surface area contributed by atoms with E-state index in [1.54, 1.807) is 6.92 Å². The highest BCUT2D eigenvalue weighted by atomic mass is 35.5. The second-order valence-electron chi connectivity index (χ2n) is 2.70. The van der Waals surface area contributed by atoms with E-state index in [0.717, 1.165) is 0 Å². The van der Waals surface area contributed by atoms with Crippen LogP contribution in [-0.4, -0.2) is 34.7 Å². The number of carbonyl (C=O) groups is 1. The van der Waals surface area contributed by atoms with Crippen molar-refractivity contribution in [1.29, 1.82) is 0 Å². The molecule has 0 aromatic heterocycles. The van der Waals surface area contributed by atoms with Gasteiger partial charge in [0.05, 0.1) is 13.7 Å². The third-order valence-corrected chi connectivity index (χ3v) is 4.55. The van der Waals surface area contributed by atoms with Gasteiger partial charge in [0.25, 0.3) is 0 Å². The molecule has 0 radical (unpaired) electrons. The zero-order valence-electron chi connectivity index (χ0n) is 7.30. The van der Waals surface area contributed by atoms with E-state index in [-0.39, 0.29) is 0 Å². The highest BCUT2D eigenvalue weighted by Crippen LogP contribution is 2.48. The maximum absolute atomic E-state index is 11.4. The van der Waals surface area contributed by atoms with Crippen LogP contribution in [0.2, 0.25) is 0 Å². The molecule has 0 spiro atoms. The van der Waals surface area contributed by atoms with E-state index < -0.39 is 15.2 Å². The van der Waals surface area contributed by atoms with Gasteiger partial charge in [0.2, 0.25) is 4.21 Å². The van der Waals surface area contributed by atoms with Gasteiger partial charge in [0.15, 0.2) is 5.06 Å². The summed E-state index contributed by atoms with van der Waals surface area (Å²) < 4.78 is 8.44. The molecule has 1 saturated heterocycles. The first-order valence-corrected chi connectivity index (χ1v) is 5.42. The van der Waals surface area contributed by atoms with Gasteiger partial charge in [0, 0.05) is 5.75 Å². The van der Waals surface area contributed by atoms with E-state index >= 15 is 0 Å². The summed E-state index contributed by atoms with van der Waals surface area (Å²) in [7, 11) is 1.27. The largest absolute Gasteiger partial charge is 0.467 e. The molecule has 2 unspecified atom stereocenters. The summed E-state index contributed by atoms with van der Waals surface area (Å²) in [5, 5.41) is -1.22. The lowest BCUT2D eigenvalue weighted by molar-refractivity contribution is -0.146. The van der Waals surface area contributed by atoms with Crippen molar-refractivity contribution in [1.82, 2.24) is 0 Å². The predicted octanol–water partition coefficient (Wildman–Crippen LogP) is 1.81. The second-order valence-corrected chi connectivity index (χ2v) is 5.52. The number of carbonyl (C=O) groups excluding carboxylic acids is 1. The van der Waals surface area contributed by atoms with Gasteiger partial charge in [-0.3, -0.25) is 0 Å². The number of hydrogen-bond acceptors (Lipinski definition) is 4. The first kappa shape index (κ1) is 11.4. The summed E-state index contributed by atoms with van der Waals surface area (Å²) in [5.74, 6) is 0.0531. The van der Waals surface area contributed by atoms with Crippen LogP contribution in [0.1, 0.15) is 6.92 Å². The average molecular weight is 245 g/mol. The lowest BCUT2D eigenvalue weighted by atomic mass is 10.2. The molecule has 3 nitrogen and oxygen atoms in total. The van der Waals surface area contributed by atoms with Crippen LogP contribution in [0.3, 0.4) is 0 Å². The SMILES string of the molecule is COC(=O)C1(Cl)SCCOC1(C)Cl. The van der Waals surface area contributed by atoms with Crippen molar-refractivity contribution in [2.24, 2.45) is 0 Å². The molecule has 6 heteroatoms. The Morgan fingerprint density at radius 1 is 1.62 bits per heavy atom. The molecular formula is C7H10Cl2O3S. The van der Waals surface area contributed by atoms with E-state index in [2.05, 4.69) is 4.74 Å². The fourth-order valence-electron chi connectivity index (χ4n) is 1.01. The fourth-order valence-corrected chi connectivity index (χ4v) is 2.66. The number of methoxy groups -OCH3 is 1. The first-order valence-electron chi connectivity index (χ1n) is 3.68. The minimum Gasteiger partial charge on any atom is -0.467 e. The van der Waals surface area contributed by atoms with Gasteiger partial charge in [-0.05, 0) is 6.92 Å². The number of thioether (sulfide) groups is 1. The summed E-state index contributed by atoms with van der Waals surface area (Å²) >= 11 is 13.3. The molecule has 13 heavy (non-hydrogen) atoms. The van der Waals surface area contributed by atoms with Gasteiger partial charge in [-0.2, -0.15) is 0 Å². The van der Waals surface area contributed by atoms with Crippen LogP contribution < -0.4 is 0 Å². The topological polar surface area (TPSA) is 35.5 Å². The number of rotatable bonds is 1. The smallest absolute Gasteiger partial charge is 0.341 e. The van der Waals surface area contributed by atoms with E-state index in [4.69, 9.17) is 27.9 Å². The third kappa shape index (κ3) is 1.91. The van der Waals surface area contributed by atoms with Crippen molar-refractivity contribution in [3.8, 4) is 0 Å². The molecule has 0 aromatic rings. The molecule has 0 aromatic carbocycles. The number of hydrogen-bond donors (Lipinski definition) is 0. The van der Waals surface area contributed by atoms with Gasteiger partial charge in [-0.1, -0.05) is 23.2 Å². The standard InChI is InChI=1S/C7H10Cl2O3S/c1-6(8)7(9,5(10)11-2)13-4-3-12-6/h3-4H2,1-2H3. The Bertz CT molecular complexity index is 222. The Morgan fingerprint density at radius 2 is 2.23 bits per heavy atom. The number of halogens is 2. The van der Waals surface area contributed by atoms with Crippen molar-refractivity contribution >= 4 is 40.9 Å². The monoisotopic (exact) mass is 244 g/mol. The zero-order valence-corrected chi connectivity index (χ0v) is 9.63. The van der Waals surface area contributed by atoms with E-state index in [9.17, 15) is 4.79 Å². The molecule has 1 aliphatic rings. The van der Waals surface area contributed by atoms with Gasteiger partial charge in [-0.25, -0.2) is 4.79 Å². The average Bonchev–Trinajstić information content (AvgIpc) is 2.08. The number of ether oxygens (including phenoxy) is 2. The van der Waals surface area contributed by atoms with Gasteiger partial charge in [0.1, 0.15) is 0 Å². The van der Waals surface area contributed by atoms with Crippen LogP contribution in [0.25, 0.3) is 0 Å². The Balaban J connectivity index is 2.90. The van der Waals surface area contributed by atoms with Crippen LogP contribution >= 0.6 is 35.0 Å². The van der Waals surface area contributed by atoms with Crippen molar-refractivity contribution in [3.63, 3.8) is 0 Å². The minimum absolute atomic E-state index is 0.482. The van der Waals surface area contributed by atoms with Crippen LogP contribution in [0.15, 0.2) is 0 Å². The van der Waals surface area contributed by atoms with Crippen LogP contribution in [0, 0.1) is 0 Å². The molecule has 1 aliphatic heterocycles. The quantitative estimate of drug-likeness (QED) is 0.521. The van der Waals surface area contributed by atoms with Crippen molar-refractivity contribution in [3.05, 3.63) is 0 Å². The molecule has 0 amide bonds. The van der Waals surface area contributed by atoms with E-state index in [0.29, 0.717) is 12.4 Å². The normalized spacial score (nSPS) is 40.0.